The molecular weight excluding hydrogens is 609 g/mol. The van der Waals surface area contributed by atoms with Gasteiger partial charge in [0, 0.05) is 25.4 Å². The van der Waals surface area contributed by atoms with Crippen molar-refractivity contribution in [1.29, 1.82) is 5.26 Å². The van der Waals surface area contributed by atoms with Crippen LogP contribution in [0.2, 0.25) is 0 Å². The van der Waals surface area contributed by atoms with Crippen LogP contribution in [0.25, 0.3) is 0 Å². The zero-order valence-electron chi connectivity index (χ0n) is 20.3. The summed E-state index contributed by atoms with van der Waals surface area (Å²) in [4.78, 5) is 41.3. The maximum Gasteiger partial charge on any atom is 0.278 e. The smallest absolute Gasteiger partial charge is 0.278 e. The Morgan fingerprint density at radius 1 is 1.35 bits per heavy atom. The van der Waals surface area contributed by atoms with Gasteiger partial charge in [0.1, 0.15) is 29.8 Å². The third-order valence-corrected chi connectivity index (χ3v) is 8.91. The molecule has 37 heavy (non-hydrogen) atoms. The van der Waals surface area contributed by atoms with Crippen LogP contribution in [-0.2, 0) is 14.4 Å². The molecule has 0 aliphatic carbocycles. The van der Waals surface area contributed by atoms with E-state index in [-0.39, 0.29) is 21.5 Å². The lowest BCUT2D eigenvalue weighted by Gasteiger charge is -2.41. The van der Waals surface area contributed by atoms with E-state index < -0.39 is 87.1 Å². The first-order valence-corrected chi connectivity index (χ1v) is 15.0. The number of hydrogen-bond donors (Lipinski definition) is 3. The first-order valence-electron chi connectivity index (χ1n) is 11.7. The molecular formula is C24H28F4IN5O3. The average Bonchev–Trinajstić information content (AvgIpc) is 2.85. The van der Waals surface area contributed by atoms with E-state index in [9.17, 15) is 37.2 Å². The summed E-state index contributed by atoms with van der Waals surface area (Å²) in [6.45, 7) is 1.43. The van der Waals surface area contributed by atoms with Crippen LogP contribution < -0.4 is 16.0 Å². The van der Waals surface area contributed by atoms with Gasteiger partial charge >= 0.3 is 0 Å². The van der Waals surface area contributed by atoms with Gasteiger partial charge in [0.2, 0.25) is 17.7 Å². The Morgan fingerprint density at radius 3 is 2.73 bits per heavy atom. The SMILES string of the molecule is CI=C1[C@@H](C(=O)N[C@H](C#N)C[C@@H]2CCCNC2=O)N(C(=O)[C@@H](C)Nc2cc(F)ccc2F)CCC1(F)F. The van der Waals surface area contributed by atoms with Gasteiger partial charge < -0.3 is 20.9 Å². The largest absolute Gasteiger partial charge is 0.371 e. The number of nitrogens with one attached hydrogen (secondary N) is 3. The van der Waals surface area contributed by atoms with Crippen LogP contribution in [-0.4, -0.2) is 68.2 Å². The highest BCUT2D eigenvalue weighted by Gasteiger charge is 2.51. The lowest BCUT2D eigenvalue weighted by molar-refractivity contribution is -0.141. The lowest BCUT2D eigenvalue weighted by atomic mass is 9.91. The van der Waals surface area contributed by atoms with E-state index in [4.69, 9.17) is 0 Å². The number of likely N-dealkylation sites (tertiary alicyclic amines) is 1. The summed E-state index contributed by atoms with van der Waals surface area (Å²) in [6, 6.07) is 0.640. The number of benzene rings is 1. The zero-order valence-corrected chi connectivity index (χ0v) is 22.5. The number of nitriles is 1. The number of rotatable bonds is 7. The molecule has 8 nitrogen and oxygen atoms in total. The molecule has 3 amide bonds. The first kappa shape index (κ1) is 28.8. The van der Waals surface area contributed by atoms with Crippen molar-refractivity contribution < 1.29 is 31.9 Å². The van der Waals surface area contributed by atoms with Gasteiger partial charge in [-0.15, -0.1) is 20.7 Å². The molecule has 0 aromatic heterocycles. The van der Waals surface area contributed by atoms with Crippen LogP contribution in [0.5, 0.6) is 0 Å². The second-order valence-corrected chi connectivity index (χ2v) is 11.2. The molecule has 202 valence electrons. The third-order valence-electron chi connectivity index (χ3n) is 6.37. The monoisotopic (exact) mass is 637 g/mol. The number of nitrogens with zero attached hydrogens (tertiary/aromatic N) is 2. The van der Waals surface area contributed by atoms with E-state index in [2.05, 4.69) is 16.0 Å². The van der Waals surface area contributed by atoms with E-state index in [1.807, 2.05) is 6.07 Å². The molecule has 1 aromatic rings. The van der Waals surface area contributed by atoms with E-state index in [1.54, 1.807) is 4.93 Å². The predicted octanol–water partition coefficient (Wildman–Crippen LogP) is 2.70. The van der Waals surface area contributed by atoms with Gasteiger partial charge in [-0.05, 0) is 49.3 Å². The molecule has 2 heterocycles. The summed E-state index contributed by atoms with van der Waals surface area (Å²) in [5.74, 6) is -7.26. The van der Waals surface area contributed by atoms with Gasteiger partial charge in [0.05, 0.1) is 15.3 Å². The number of hydrogen-bond acceptors (Lipinski definition) is 5. The van der Waals surface area contributed by atoms with E-state index in [0.717, 1.165) is 23.1 Å². The molecule has 2 aliphatic heterocycles. The Morgan fingerprint density at radius 2 is 2.08 bits per heavy atom. The van der Waals surface area contributed by atoms with Crippen LogP contribution in [0.15, 0.2) is 18.2 Å². The quantitative estimate of drug-likeness (QED) is 0.242. The molecule has 3 N–H and O–H groups in total. The van der Waals surface area contributed by atoms with E-state index in [1.165, 1.54) is 6.92 Å². The molecule has 2 aliphatic rings. The standard InChI is InChI=1S/C24H28F4IN5O3/c1-13(32-18-11-15(25)5-6-17(18)26)23(37)34-9-7-24(27,28)20(29-2)19(34)22(36)33-16(12-30)10-14-4-3-8-31-21(14)35/h5-6,11,13-14,16,19,32H,3-4,7-10H2,1-2H3,(H,31,35)(H,33,36)/t13-,14+,16+,19+/m1/s1. The topological polar surface area (TPSA) is 114 Å². The highest BCUT2D eigenvalue weighted by atomic mass is 127. The second-order valence-electron chi connectivity index (χ2n) is 8.97. The van der Waals surface area contributed by atoms with Gasteiger partial charge in [0.25, 0.3) is 5.92 Å². The number of alkyl halides is 3. The fraction of sp³-hybridized carbons (Fsp3) is 0.542. The summed E-state index contributed by atoms with van der Waals surface area (Å²) in [7, 11) is 0. The molecule has 0 bridgehead atoms. The van der Waals surface area contributed by atoms with Crippen molar-refractivity contribution in [2.75, 3.05) is 23.3 Å². The average molecular weight is 637 g/mol. The van der Waals surface area contributed by atoms with Crippen molar-refractivity contribution in [2.24, 2.45) is 5.92 Å². The minimum Gasteiger partial charge on any atom is -0.371 e. The number of anilines is 1. The van der Waals surface area contributed by atoms with Crippen molar-refractivity contribution in [3.05, 3.63) is 29.8 Å². The fourth-order valence-electron chi connectivity index (χ4n) is 4.47. The Balaban J connectivity index is 1.82. The van der Waals surface area contributed by atoms with Crippen LogP contribution in [0.4, 0.5) is 23.2 Å². The van der Waals surface area contributed by atoms with Gasteiger partial charge in [-0.2, -0.15) is 5.26 Å². The lowest BCUT2D eigenvalue weighted by Crippen LogP contribution is -2.64. The molecule has 3 rings (SSSR count). The Labute approximate surface area is 221 Å². The maximum atomic E-state index is 14.9. The number of amides is 3. The number of carbonyl (C=O) groups is 3. The van der Waals surface area contributed by atoms with Crippen molar-refractivity contribution in [2.45, 2.75) is 56.7 Å². The molecule has 4 atom stereocenters. The summed E-state index contributed by atoms with van der Waals surface area (Å²) in [5, 5.41) is 17.3. The summed E-state index contributed by atoms with van der Waals surface area (Å²) >= 11 is -1.33. The van der Waals surface area contributed by atoms with Crippen LogP contribution in [0.1, 0.15) is 32.6 Å². The molecule has 2 fully saturated rings. The van der Waals surface area contributed by atoms with E-state index in [0.29, 0.717) is 19.4 Å². The molecule has 13 heteroatoms. The molecule has 1 aromatic carbocycles. The number of halogens is 5. The minimum atomic E-state index is -3.28. The molecule has 0 saturated carbocycles. The minimum absolute atomic E-state index is 0.0124. The summed E-state index contributed by atoms with van der Waals surface area (Å²) in [6.07, 6.45) is 0.576. The summed E-state index contributed by atoms with van der Waals surface area (Å²) in [5.41, 5.74) is -0.286. The molecule has 0 spiro atoms. The third kappa shape index (κ3) is 6.77. The Bertz CT molecular complexity index is 1130. The Hall–Kier alpha value is -2.76. The summed E-state index contributed by atoms with van der Waals surface area (Å²) < 4.78 is 57.0. The normalized spacial score (nSPS) is 24.2. The van der Waals surface area contributed by atoms with Crippen LogP contribution >= 0.6 is 20.7 Å². The van der Waals surface area contributed by atoms with Crippen LogP contribution in [0, 0.1) is 28.9 Å². The highest BCUT2D eigenvalue weighted by Crippen LogP contribution is 2.34. The maximum absolute atomic E-state index is 14.9. The first-order chi connectivity index (χ1) is 17.5. The Kier molecular flexibility index (Phi) is 9.49. The van der Waals surface area contributed by atoms with Crippen LogP contribution in [0.3, 0.4) is 0 Å². The van der Waals surface area contributed by atoms with Gasteiger partial charge in [-0.1, -0.05) is 0 Å². The molecule has 0 radical (unpaired) electrons. The highest BCUT2D eigenvalue weighted by molar-refractivity contribution is 14.2. The van der Waals surface area contributed by atoms with Crippen molar-refractivity contribution in [3.8, 4) is 6.07 Å². The van der Waals surface area contributed by atoms with Crippen molar-refractivity contribution in [1.82, 2.24) is 15.5 Å². The number of piperidine rings is 2. The second kappa shape index (κ2) is 12.2. The van der Waals surface area contributed by atoms with Crippen molar-refractivity contribution >= 4 is 47.6 Å². The number of carbonyl (C=O) groups excluding carboxylic acids is 3. The van der Waals surface area contributed by atoms with E-state index >= 15 is 0 Å². The fourth-order valence-corrected chi connectivity index (χ4v) is 6.74. The van der Waals surface area contributed by atoms with Gasteiger partial charge in [-0.3, -0.25) is 14.4 Å². The van der Waals surface area contributed by atoms with Crippen molar-refractivity contribution in [3.63, 3.8) is 0 Å². The van der Waals surface area contributed by atoms with Gasteiger partial charge in [0.15, 0.2) is 0 Å². The zero-order chi connectivity index (χ0) is 27.3. The molecule has 2 saturated heterocycles. The molecule has 0 unspecified atom stereocenters. The predicted molar refractivity (Wildman–Crippen MR) is 137 cm³/mol. The van der Waals surface area contributed by atoms with Gasteiger partial charge in [-0.25, -0.2) is 17.6 Å².